The lowest BCUT2D eigenvalue weighted by atomic mass is 10.1. The quantitative estimate of drug-likeness (QED) is 0.297. The fourth-order valence-corrected chi connectivity index (χ4v) is 3.19. The van der Waals surface area contributed by atoms with E-state index in [-0.39, 0.29) is 0 Å². The predicted octanol–water partition coefficient (Wildman–Crippen LogP) is 6.15. The Balaban J connectivity index is 1.13. The van der Waals surface area contributed by atoms with Gasteiger partial charge < -0.3 is 18.5 Å². The van der Waals surface area contributed by atoms with Crippen molar-refractivity contribution in [2.24, 2.45) is 0 Å². The first-order valence-corrected chi connectivity index (χ1v) is 10.2. The van der Waals surface area contributed by atoms with Crippen LogP contribution in [-0.4, -0.2) is 10.3 Å². The van der Waals surface area contributed by atoms with Crippen LogP contribution in [0.15, 0.2) is 106 Å². The molecule has 0 saturated heterocycles. The van der Waals surface area contributed by atoms with Crippen molar-refractivity contribution in [3.63, 3.8) is 0 Å². The van der Waals surface area contributed by atoms with Crippen molar-refractivity contribution in [1.29, 1.82) is 0 Å². The number of rotatable bonds is 8. The minimum Gasteiger partial charge on any atom is -0.486 e. The second kappa shape index (κ2) is 9.22. The van der Waals surface area contributed by atoms with E-state index in [2.05, 4.69) is 10.3 Å². The molecule has 0 spiro atoms. The van der Waals surface area contributed by atoms with Crippen LogP contribution < -0.4 is 9.47 Å². The van der Waals surface area contributed by atoms with Gasteiger partial charge in [-0.2, -0.15) is 0 Å². The third-order valence-electron chi connectivity index (χ3n) is 4.84. The molecule has 6 nitrogen and oxygen atoms in total. The molecule has 0 aliphatic rings. The third kappa shape index (κ3) is 4.70. The second-order valence-corrected chi connectivity index (χ2v) is 7.14. The lowest BCUT2D eigenvalue weighted by Crippen LogP contribution is -1.95. The summed E-state index contributed by atoms with van der Waals surface area (Å²) in [4.78, 5) is 0. The zero-order valence-corrected chi connectivity index (χ0v) is 17.2. The summed E-state index contributed by atoms with van der Waals surface area (Å²) in [5, 5.41) is 8.20. The maximum absolute atomic E-state index is 5.79. The Bertz CT molecular complexity index is 1160. The maximum atomic E-state index is 5.79. The standard InChI is InChI=1S/C26H20N2O4/c1-3-7-19(8-4-1)25-15-23(31-27-25)17-29-21-11-13-22(14-12-21)30-18-24-16-26(28-32-24)20-9-5-2-6-10-20/h1-16H,17-18H2. The van der Waals surface area contributed by atoms with Crippen molar-refractivity contribution in [2.45, 2.75) is 13.2 Å². The summed E-state index contributed by atoms with van der Waals surface area (Å²) >= 11 is 0. The first-order valence-electron chi connectivity index (χ1n) is 10.2. The molecular weight excluding hydrogens is 404 g/mol. The van der Waals surface area contributed by atoms with Gasteiger partial charge in [0.25, 0.3) is 0 Å². The Labute approximate surface area is 185 Å². The average molecular weight is 424 g/mol. The van der Waals surface area contributed by atoms with E-state index in [0.717, 1.165) is 22.5 Å². The van der Waals surface area contributed by atoms with Gasteiger partial charge in [0.05, 0.1) is 0 Å². The SMILES string of the molecule is c1ccc(-c2cc(COc3ccc(OCc4cc(-c5ccccc5)no4)cc3)on2)cc1. The molecule has 0 saturated carbocycles. The number of nitrogens with zero attached hydrogens (tertiary/aromatic N) is 2. The minimum absolute atomic E-state index is 0.292. The summed E-state index contributed by atoms with van der Waals surface area (Å²) in [6, 6.07) is 30.9. The van der Waals surface area contributed by atoms with Crippen molar-refractivity contribution in [3.05, 3.63) is 109 Å². The highest BCUT2D eigenvalue weighted by atomic mass is 16.5. The van der Waals surface area contributed by atoms with Crippen LogP contribution in [-0.2, 0) is 13.2 Å². The predicted molar refractivity (Wildman–Crippen MR) is 119 cm³/mol. The Kier molecular flexibility index (Phi) is 5.66. The smallest absolute Gasteiger partial charge is 0.174 e. The molecule has 6 heteroatoms. The van der Waals surface area contributed by atoms with Crippen molar-refractivity contribution in [3.8, 4) is 34.0 Å². The first-order chi connectivity index (χ1) is 15.8. The van der Waals surface area contributed by atoms with E-state index in [0.29, 0.717) is 36.2 Å². The number of benzene rings is 3. The van der Waals surface area contributed by atoms with Crippen LogP contribution in [0.3, 0.4) is 0 Å². The Hall–Kier alpha value is -4.32. The molecule has 0 atom stereocenters. The molecule has 3 aromatic carbocycles. The highest BCUT2D eigenvalue weighted by Crippen LogP contribution is 2.23. The molecule has 0 aliphatic carbocycles. The highest BCUT2D eigenvalue weighted by molar-refractivity contribution is 5.59. The van der Waals surface area contributed by atoms with Gasteiger partial charge in [0, 0.05) is 23.3 Å². The molecule has 0 bridgehead atoms. The molecule has 0 amide bonds. The first kappa shape index (κ1) is 19.6. The zero-order chi connectivity index (χ0) is 21.6. The van der Waals surface area contributed by atoms with E-state index in [1.807, 2.05) is 97.1 Å². The molecule has 32 heavy (non-hydrogen) atoms. The van der Waals surface area contributed by atoms with Gasteiger partial charge in [0.2, 0.25) is 0 Å². The lowest BCUT2D eigenvalue weighted by molar-refractivity contribution is 0.244. The molecule has 0 aliphatic heterocycles. The topological polar surface area (TPSA) is 70.5 Å². The molecule has 5 aromatic rings. The number of hydrogen-bond donors (Lipinski definition) is 0. The van der Waals surface area contributed by atoms with Gasteiger partial charge in [0.1, 0.15) is 36.1 Å². The van der Waals surface area contributed by atoms with Crippen LogP contribution in [0.4, 0.5) is 0 Å². The van der Waals surface area contributed by atoms with Crippen LogP contribution in [0.1, 0.15) is 11.5 Å². The summed E-state index contributed by atoms with van der Waals surface area (Å²) in [5.41, 5.74) is 3.59. The van der Waals surface area contributed by atoms with Gasteiger partial charge in [0.15, 0.2) is 11.5 Å². The maximum Gasteiger partial charge on any atom is 0.174 e. The van der Waals surface area contributed by atoms with Crippen molar-refractivity contribution >= 4 is 0 Å². The normalized spacial score (nSPS) is 10.8. The highest BCUT2D eigenvalue weighted by Gasteiger charge is 2.09. The summed E-state index contributed by atoms with van der Waals surface area (Å²) in [6.45, 7) is 0.584. The molecule has 5 rings (SSSR count). The van der Waals surface area contributed by atoms with Gasteiger partial charge >= 0.3 is 0 Å². The zero-order valence-electron chi connectivity index (χ0n) is 17.2. The summed E-state index contributed by atoms with van der Waals surface area (Å²) in [6.07, 6.45) is 0. The van der Waals surface area contributed by atoms with E-state index in [9.17, 15) is 0 Å². The van der Waals surface area contributed by atoms with Gasteiger partial charge in [-0.25, -0.2) is 0 Å². The summed E-state index contributed by atoms with van der Waals surface area (Å²) < 4.78 is 22.3. The summed E-state index contributed by atoms with van der Waals surface area (Å²) in [7, 11) is 0. The van der Waals surface area contributed by atoms with Crippen LogP contribution in [0, 0.1) is 0 Å². The number of ether oxygens (including phenoxy) is 2. The third-order valence-corrected chi connectivity index (χ3v) is 4.84. The monoisotopic (exact) mass is 424 g/mol. The van der Waals surface area contributed by atoms with Gasteiger partial charge in [-0.3, -0.25) is 0 Å². The Morgan fingerprint density at radius 3 is 1.34 bits per heavy atom. The van der Waals surface area contributed by atoms with Crippen LogP contribution in [0.25, 0.3) is 22.5 Å². The van der Waals surface area contributed by atoms with Gasteiger partial charge in [-0.1, -0.05) is 71.0 Å². The summed E-state index contributed by atoms with van der Waals surface area (Å²) in [5.74, 6) is 2.73. The van der Waals surface area contributed by atoms with Gasteiger partial charge in [-0.05, 0) is 24.3 Å². The molecule has 0 unspecified atom stereocenters. The van der Waals surface area contributed by atoms with E-state index in [1.54, 1.807) is 0 Å². The second-order valence-electron chi connectivity index (χ2n) is 7.14. The van der Waals surface area contributed by atoms with E-state index < -0.39 is 0 Å². The van der Waals surface area contributed by atoms with Crippen molar-refractivity contribution < 1.29 is 18.5 Å². The van der Waals surface area contributed by atoms with Crippen LogP contribution >= 0.6 is 0 Å². The van der Waals surface area contributed by atoms with E-state index in [4.69, 9.17) is 18.5 Å². The molecule has 158 valence electrons. The number of hydrogen-bond acceptors (Lipinski definition) is 6. The largest absolute Gasteiger partial charge is 0.486 e. The van der Waals surface area contributed by atoms with Gasteiger partial charge in [-0.15, -0.1) is 0 Å². The lowest BCUT2D eigenvalue weighted by Gasteiger charge is -2.06. The molecular formula is C26H20N2O4. The van der Waals surface area contributed by atoms with Crippen LogP contribution in [0.2, 0.25) is 0 Å². The molecule has 2 heterocycles. The van der Waals surface area contributed by atoms with Crippen LogP contribution in [0.5, 0.6) is 11.5 Å². The Morgan fingerprint density at radius 2 is 0.938 bits per heavy atom. The number of aromatic nitrogens is 2. The Morgan fingerprint density at radius 1 is 0.531 bits per heavy atom. The van der Waals surface area contributed by atoms with E-state index >= 15 is 0 Å². The molecule has 0 fully saturated rings. The average Bonchev–Trinajstić information content (AvgIpc) is 3.53. The minimum atomic E-state index is 0.292. The van der Waals surface area contributed by atoms with Crippen molar-refractivity contribution in [1.82, 2.24) is 10.3 Å². The fourth-order valence-electron chi connectivity index (χ4n) is 3.19. The van der Waals surface area contributed by atoms with Crippen molar-refractivity contribution in [2.75, 3.05) is 0 Å². The fraction of sp³-hybridized carbons (Fsp3) is 0.0769. The molecule has 0 N–H and O–H groups in total. The van der Waals surface area contributed by atoms with E-state index in [1.165, 1.54) is 0 Å². The molecule has 0 radical (unpaired) electrons. The molecule has 2 aromatic heterocycles.